The van der Waals surface area contributed by atoms with Crippen molar-refractivity contribution in [3.8, 4) is 11.8 Å². The molecule has 0 aromatic heterocycles. The van der Waals surface area contributed by atoms with Gasteiger partial charge in [-0.25, -0.2) is 0 Å². The Bertz CT molecular complexity index is 888. The normalized spacial score (nSPS) is 12.3. The van der Waals surface area contributed by atoms with Crippen molar-refractivity contribution < 1.29 is 0 Å². The average molecular weight is 343 g/mol. The molecule has 0 spiro atoms. The van der Waals surface area contributed by atoms with Gasteiger partial charge in [0, 0.05) is 11.1 Å². The van der Waals surface area contributed by atoms with E-state index in [9.17, 15) is 0 Å². The maximum Gasteiger partial charge on any atom is 0.0742 e. The van der Waals surface area contributed by atoms with Crippen LogP contribution in [-0.2, 0) is 12.8 Å². The summed E-state index contributed by atoms with van der Waals surface area (Å²) in [6.45, 7) is 2.22. The van der Waals surface area contributed by atoms with Gasteiger partial charge in [-0.3, -0.25) is 0 Å². The molecule has 2 aromatic carbocycles. The van der Waals surface area contributed by atoms with Crippen LogP contribution in [0.3, 0.4) is 0 Å². The molecule has 25 heavy (non-hydrogen) atoms. The van der Waals surface area contributed by atoms with Crippen molar-refractivity contribution in [2.24, 2.45) is 4.99 Å². The fourth-order valence-corrected chi connectivity index (χ4v) is 3.09. The highest BCUT2D eigenvalue weighted by Gasteiger charge is 2.09. The predicted octanol–water partition coefficient (Wildman–Crippen LogP) is 6.14. The molecule has 0 radical (unpaired) electrons. The molecular weight excluding hydrogens is 322 g/mol. The number of aryl methyl sites for hydroxylation is 2. The van der Waals surface area contributed by atoms with Crippen molar-refractivity contribution in [3.05, 3.63) is 70.3 Å². The van der Waals surface area contributed by atoms with E-state index < -0.39 is 0 Å². The van der Waals surface area contributed by atoms with Gasteiger partial charge in [0.25, 0.3) is 0 Å². The highest BCUT2D eigenvalue weighted by atomic mass is 32.1. The minimum atomic E-state index is 0.875. The Morgan fingerprint density at radius 2 is 1.88 bits per heavy atom. The lowest BCUT2D eigenvalue weighted by Gasteiger charge is -2.13. The number of hydrogen-bond donors (Lipinski definition) is 0. The third-order valence-corrected chi connectivity index (χ3v) is 4.53. The van der Waals surface area contributed by atoms with E-state index >= 15 is 0 Å². The number of isothiocyanates is 1. The Morgan fingerprint density at radius 1 is 1.04 bits per heavy atom. The fraction of sp³-hybridized carbons (Fsp3) is 0.261. The Kier molecular flexibility index (Phi) is 5.96. The molecule has 0 N–H and O–H groups in total. The molecular formula is C23H21NS. The number of allylic oxidation sites excluding steroid dienone is 1. The summed E-state index contributed by atoms with van der Waals surface area (Å²) in [7, 11) is 0. The Hall–Kier alpha value is -2.46. The Labute approximate surface area is 155 Å². The van der Waals surface area contributed by atoms with E-state index in [0.717, 1.165) is 30.5 Å². The monoisotopic (exact) mass is 343 g/mol. The zero-order chi connectivity index (χ0) is 17.5. The van der Waals surface area contributed by atoms with Crippen LogP contribution in [0, 0.1) is 11.8 Å². The van der Waals surface area contributed by atoms with Crippen molar-refractivity contribution in [1.82, 2.24) is 0 Å². The number of fused-ring (bicyclic) bond motifs is 1. The minimum Gasteiger partial charge on any atom is -0.195 e. The Balaban J connectivity index is 1.74. The molecule has 0 unspecified atom stereocenters. The summed E-state index contributed by atoms with van der Waals surface area (Å²) >= 11 is 4.67. The molecule has 0 aliphatic heterocycles. The quantitative estimate of drug-likeness (QED) is 0.369. The third-order valence-electron chi connectivity index (χ3n) is 4.44. The van der Waals surface area contributed by atoms with Gasteiger partial charge in [0.2, 0.25) is 0 Å². The van der Waals surface area contributed by atoms with E-state index in [-0.39, 0.29) is 0 Å². The zero-order valence-corrected chi connectivity index (χ0v) is 15.3. The molecule has 0 atom stereocenters. The lowest BCUT2D eigenvalue weighted by Crippen LogP contribution is -1.97. The predicted molar refractivity (Wildman–Crippen MR) is 109 cm³/mol. The van der Waals surface area contributed by atoms with E-state index in [1.165, 1.54) is 35.1 Å². The van der Waals surface area contributed by atoms with Gasteiger partial charge in [0.1, 0.15) is 0 Å². The van der Waals surface area contributed by atoms with Gasteiger partial charge in [0.15, 0.2) is 0 Å². The second-order valence-electron chi connectivity index (χ2n) is 6.31. The summed E-state index contributed by atoms with van der Waals surface area (Å²) in [5, 5.41) is 2.42. The number of nitrogens with zero attached hydrogens (tertiary/aromatic N) is 1. The molecule has 3 rings (SSSR count). The second-order valence-corrected chi connectivity index (χ2v) is 6.49. The number of unbranched alkanes of at least 4 members (excludes halogenated alkanes) is 1. The Morgan fingerprint density at radius 3 is 2.64 bits per heavy atom. The fourth-order valence-electron chi connectivity index (χ4n) is 2.99. The third kappa shape index (κ3) is 4.77. The molecule has 0 fully saturated rings. The van der Waals surface area contributed by atoms with Crippen LogP contribution in [0.15, 0.2) is 53.0 Å². The summed E-state index contributed by atoms with van der Waals surface area (Å²) in [6, 6.07) is 14.8. The molecule has 0 bridgehead atoms. The number of aliphatic imine (C=N–C) groups is 1. The van der Waals surface area contributed by atoms with E-state index in [0.29, 0.717) is 0 Å². The van der Waals surface area contributed by atoms with E-state index in [1.807, 2.05) is 6.07 Å². The first-order chi connectivity index (χ1) is 12.3. The first-order valence-corrected chi connectivity index (χ1v) is 9.21. The van der Waals surface area contributed by atoms with Crippen LogP contribution in [0.4, 0.5) is 5.69 Å². The average Bonchev–Trinajstić information content (AvgIpc) is 2.65. The first-order valence-electron chi connectivity index (χ1n) is 8.81. The number of hydrogen-bond acceptors (Lipinski definition) is 2. The number of thiocarbonyl (C=S) groups is 1. The van der Waals surface area contributed by atoms with Gasteiger partial charge >= 0.3 is 0 Å². The summed E-state index contributed by atoms with van der Waals surface area (Å²) < 4.78 is 0. The van der Waals surface area contributed by atoms with E-state index in [2.05, 4.69) is 83.6 Å². The van der Waals surface area contributed by atoms with Crippen molar-refractivity contribution in [1.29, 1.82) is 0 Å². The SMILES string of the molecule is CCCCc1ccc(C#CC2=Cc3ccc(N=C=S)cc3CC2)cc1. The van der Waals surface area contributed by atoms with Gasteiger partial charge < -0.3 is 0 Å². The topological polar surface area (TPSA) is 12.4 Å². The molecule has 124 valence electrons. The van der Waals surface area contributed by atoms with Crippen LogP contribution in [0.2, 0.25) is 0 Å². The van der Waals surface area contributed by atoms with Crippen LogP contribution in [0.5, 0.6) is 0 Å². The molecule has 1 aliphatic rings. The lowest BCUT2D eigenvalue weighted by molar-refractivity contribution is 0.795. The first kappa shape index (κ1) is 17.4. The van der Waals surface area contributed by atoms with Crippen molar-refractivity contribution >= 4 is 29.1 Å². The smallest absolute Gasteiger partial charge is 0.0742 e. The van der Waals surface area contributed by atoms with Crippen LogP contribution in [-0.4, -0.2) is 5.16 Å². The largest absolute Gasteiger partial charge is 0.195 e. The van der Waals surface area contributed by atoms with Crippen LogP contribution in [0.25, 0.3) is 6.08 Å². The maximum atomic E-state index is 4.67. The van der Waals surface area contributed by atoms with Gasteiger partial charge in [-0.05, 0) is 84.9 Å². The summed E-state index contributed by atoms with van der Waals surface area (Å²) in [4.78, 5) is 4.05. The molecule has 2 aromatic rings. The molecule has 2 heteroatoms. The summed E-state index contributed by atoms with van der Waals surface area (Å²) in [5.74, 6) is 6.64. The van der Waals surface area contributed by atoms with Crippen molar-refractivity contribution in [3.63, 3.8) is 0 Å². The van der Waals surface area contributed by atoms with Gasteiger partial charge in [-0.2, -0.15) is 4.99 Å². The number of benzene rings is 2. The lowest BCUT2D eigenvalue weighted by atomic mass is 9.92. The number of rotatable bonds is 4. The van der Waals surface area contributed by atoms with Crippen molar-refractivity contribution in [2.75, 3.05) is 0 Å². The molecule has 0 saturated heterocycles. The standard InChI is InChI=1S/C23H21NS/c1-2-3-4-18-5-7-19(8-6-18)9-10-20-11-12-22-16-23(24-17-25)14-13-21(22)15-20/h5-8,13-16H,2-4,11-12H2,1H3. The highest BCUT2D eigenvalue weighted by Crippen LogP contribution is 2.27. The van der Waals surface area contributed by atoms with Gasteiger partial charge in [-0.1, -0.05) is 43.4 Å². The van der Waals surface area contributed by atoms with Crippen LogP contribution < -0.4 is 0 Å². The zero-order valence-electron chi connectivity index (χ0n) is 14.5. The van der Waals surface area contributed by atoms with E-state index in [1.54, 1.807) is 0 Å². The molecule has 0 saturated carbocycles. The van der Waals surface area contributed by atoms with Crippen molar-refractivity contribution in [2.45, 2.75) is 39.0 Å². The molecule has 0 amide bonds. The second kappa shape index (κ2) is 8.58. The maximum absolute atomic E-state index is 4.67. The van der Waals surface area contributed by atoms with Crippen LogP contribution in [0.1, 0.15) is 48.4 Å². The van der Waals surface area contributed by atoms with E-state index in [4.69, 9.17) is 0 Å². The minimum absolute atomic E-state index is 0.875. The highest BCUT2D eigenvalue weighted by molar-refractivity contribution is 7.78. The molecule has 1 aliphatic carbocycles. The summed E-state index contributed by atoms with van der Waals surface area (Å²) in [6.07, 6.45) is 7.78. The van der Waals surface area contributed by atoms with Gasteiger partial charge in [-0.15, -0.1) is 0 Å². The van der Waals surface area contributed by atoms with Crippen LogP contribution >= 0.6 is 12.2 Å². The molecule has 0 heterocycles. The molecule has 1 nitrogen and oxygen atoms in total. The summed E-state index contributed by atoms with van der Waals surface area (Å²) in [5.41, 5.74) is 7.07. The van der Waals surface area contributed by atoms with Gasteiger partial charge in [0.05, 0.1) is 10.8 Å².